The van der Waals surface area contributed by atoms with Crippen molar-refractivity contribution >= 4 is 0 Å². The van der Waals surface area contributed by atoms with Crippen molar-refractivity contribution in [1.29, 1.82) is 0 Å². The quantitative estimate of drug-likeness (QED) is 0.672. The van der Waals surface area contributed by atoms with Gasteiger partial charge in [-0.15, -0.1) is 0 Å². The second kappa shape index (κ2) is 8.62. The van der Waals surface area contributed by atoms with Crippen LogP contribution in [-0.4, -0.2) is 16.2 Å². The minimum Gasteiger partial charge on any atom is -0.483 e. The highest BCUT2D eigenvalue weighted by molar-refractivity contribution is 5.30. The van der Waals surface area contributed by atoms with E-state index in [1.165, 1.54) is 30.3 Å². The first kappa shape index (κ1) is 18.8. The fourth-order valence-corrected chi connectivity index (χ4v) is 2.80. The van der Waals surface area contributed by atoms with E-state index in [4.69, 9.17) is 10.5 Å². The fraction of sp³-hybridized carbons (Fsp3) is 0.190. The third-order valence-corrected chi connectivity index (χ3v) is 4.20. The zero-order valence-electron chi connectivity index (χ0n) is 14.7. The lowest BCUT2D eigenvalue weighted by molar-refractivity contribution is 0.207. The summed E-state index contributed by atoms with van der Waals surface area (Å²) in [6.07, 6.45) is 0.480. The highest BCUT2D eigenvalue weighted by Crippen LogP contribution is 2.23. The van der Waals surface area contributed by atoms with Crippen LogP contribution >= 0.6 is 0 Å². The number of aliphatic hydroxyl groups is 1. The molecule has 1 unspecified atom stereocenters. The Bertz CT molecular complexity index is 940. The summed E-state index contributed by atoms with van der Waals surface area (Å²) in [4.78, 5) is 12.5. The summed E-state index contributed by atoms with van der Waals surface area (Å²) in [6.45, 7) is 0.984. The molecule has 1 heterocycles. The number of pyridine rings is 1. The summed E-state index contributed by atoms with van der Waals surface area (Å²) in [5.41, 5.74) is 7.14. The Morgan fingerprint density at radius 2 is 1.81 bits per heavy atom. The van der Waals surface area contributed by atoms with E-state index in [0.717, 1.165) is 5.56 Å². The first-order valence-corrected chi connectivity index (χ1v) is 8.63. The maximum Gasteiger partial charge on any atom is 0.223 e. The van der Waals surface area contributed by atoms with Gasteiger partial charge in [-0.05, 0) is 23.3 Å². The van der Waals surface area contributed by atoms with E-state index in [9.17, 15) is 14.3 Å². The van der Waals surface area contributed by atoms with Gasteiger partial charge in [0, 0.05) is 19.2 Å². The smallest absolute Gasteiger partial charge is 0.223 e. The van der Waals surface area contributed by atoms with Crippen LogP contribution in [0.25, 0.3) is 0 Å². The second-order valence-electron chi connectivity index (χ2n) is 6.14. The topological polar surface area (TPSA) is 77.5 Å². The molecule has 6 heteroatoms. The standard InChI is InChI=1S/C21H21FN2O3/c22-17-8-6-16(7-9-17)21(26)18-12-19(25)20(13-24(18)11-10-23)27-14-15-4-2-1-3-5-15/h1-9,12-13,21,26H,10-11,14,23H2. The number of halogens is 1. The molecule has 0 aliphatic carbocycles. The Balaban J connectivity index is 1.89. The van der Waals surface area contributed by atoms with Crippen molar-refractivity contribution in [3.63, 3.8) is 0 Å². The van der Waals surface area contributed by atoms with E-state index in [0.29, 0.717) is 24.3 Å². The Morgan fingerprint density at radius 1 is 1.11 bits per heavy atom. The molecule has 0 bridgehead atoms. The summed E-state index contributed by atoms with van der Waals surface area (Å²) >= 11 is 0. The zero-order valence-corrected chi connectivity index (χ0v) is 14.7. The van der Waals surface area contributed by atoms with Crippen LogP contribution in [0.15, 0.2) is 71.7 Å². The molecule has 3 N–H and O–H groups in total. The number of rotatable bonds is 7. The van der Waals surface area contributed by atoms with Gasteiger partial charge in [-0.3, -0.25) is 4.79 Å². The van der Waals surface area contributed by atoms with Crippen LogP contribution in [0.5, 0.6) is 5.75 Å². The average Bonchev–Trinajstić information content (AvgIpc) is 2.69. The molecule has 5 nitrogen and oxygen atoms in total. The van der Waals surface area contributed by atoms with Gasteiger partial charge in [-0.1, -0.05) is 42.5 Å². The number of aliphatic hydroxyl groups excluding tert-OH is 1. The molecule has 0 aliphatic heterocycles. The van der Waals surface area contributed by atoms with E-state index in [-0.39, 0.29) is 17.8 Å². The van der Waals surface area contributed by atoms with Crippen molar-refractivity contribution in [2.75, 3.05) is 6.54 Å². The molecule has 0 radical (unpaired) electrons. The fourth-order valence-electron chi connectivity index (χ4n) is 2.80. The summed E-state index contributed by atoms with van der Waals surface area (Å²) in [6, 6.07) is 16.3. The molecule has 0 spiro atoms. The van der Waals surface area contributed by atoms with Crippen LogP contribution in [0.4, 0.5) is 4.39 Å². The molecule has 0 aliphatic rings. The molecule has 0 saturated heterocycles. The van der Waals surface area contributed by atoms with Crippen LogP contribution in [-0.2, 0) is 13.2 Å². The van der Waals surface area contributed by atoms with Crippen LogP contribution < -0.4 is 15.9 Å². The zero-order chi connectivity index (χ0) is 19.2. The Morgan fingerprint density at radius 3 is 2.48 bits per heavy atom. The maximum atomic E-state index is 13.1. The molecule has 1 atom stereocenters. The molecule has 0 fully saturated rings. The van der Waals surface area contributed by atoms with Crippen LogP contribution in [0.1, 0.15) is 22.9 Å². The van der Waals surface area contributed by atoms with Gasteiger partial charge in [0.25, 0.3) is 0 Å². The third-order valence-electron chi connectivity index (χ3n) is 4.20. The summed E-state index contributed by atoms with van der Waals surface area (Å²) in [5.74, 6) is -0.211. The predicted octanol–water partition coefficient (Wildman–Crippen LogP) is 2.61. The van der Waals surface area contributed by atoms with E-state index in [1.807, 2.05) is 30.3 Å². The lowest BCUT2D eigenvalue weighted by Crippen LogP contribution is -2.21. The molecule has 27 heavy (non-hydrogen) atoms. The maximum absolute atomic E-state index is 13.1. The van der Waals surface area contributed by atoms with Crippen LogP contribution in [0.3, 0.4) is 0 Å². The number of nitrogens with two attached hydrogens (primary N) is 1. The monoisotopic (exact) mass is 368 g/mol. The lowest BCUT2D eigenvalue weighted by atomic mass is 10.1. The van der Waals surface area contributed by atoms with E-state index < -0.39 is 11.9 Å². The van der Waals surface area contributed by atoms with Crippen molar-refractivity contribution in [3.8, 4) is 5.75 Å². The van der Waals surface area contributed by atoms with Gasteiger partial charge in [-0.25, -0.2) is 4.39 Å². The Labute approximate surface area is 156 Å². The SMILES string of the molecule is NCCn1cc(OCc2ccccc2)c(=O)cc1C(O)c1ccc(F)cc1. The molecule has 0 amide bonds. The molecule has 2 aromatic carbocycles. The van der Waals surface area contributed by atoms with Crippen molar-refractivity contribution in [2.24, 2.45) is 5.73 Å². The summed E-state index contributed by atoms with van der Waals surface area (Å²) < 4.78 is 20.5. The van der Waals surface area contributed by atoms with Gasteiger partial charge >= 0.3 is 0 Å². The van der Waals surface area contributed by atoms with E-state index >= 15 is 0 Å². The van der Waals surface area contributed by atoms with Gasteiger partial charge in [-0.2, -0.15) is 0 Å². The second-order valence-corrected chi connectivity index (χ2v) is 6.14. The number of aromatic nitrogens is 1. The van der Waals surface area contributed by atoms with E-state index in [1.54, 1.807) is 10.8 Å². The highest BCUT2D eigenvalue weighted by atomic mass is 19.1. The minimum absolute atomic E-state index is 0.183. The van der Waals surface area contributed by atoms with Crippen molar-refractivity contribution in [1.82, 2.24) is 4.57 Å². The molecule has 3 aromatic rings. The van der Waals surface area contributed by atoms with Crippen LogP contribution in [0, 0.1) is 5.82 Å². The molecule has 140 valence electrons. The lowest BCUT2D eigenvalue weighted by Gasteiger charge is -2.19. The Hall–Kier alpha value is -2.96. The normalized spacial score (nSPS) is 12.0. The summed E-state index contributed by atoms with van der Waals surface area (Å²) in [7, 11) is 0. The van der Waals surface area contributed by atoms with Gasteiger partial charge in [0.2, 0.25) is 5.43 Å². The van der Waals surface area contributed by atoms with Gasteiger partial charge in [0.05, 0.1) is 11.9 Å². The molecule has 3 rings (SSSR count). The predicted molar refractivity (Wildman–Crippen MR) is 101 cm³/mol. The van der Waals surface area contributed by atoms with Crippen LogP contribution in [0.2, 0.25) is 0 Å². The molecule has 0 saturated carbocycles. The first-order valence-electron chi connectivity index (χ1n) is 8.63. The number of ether oxygens (including phenoxy) is 1. The van der Waals surface area contributed by atoms with E-state index in [2.05, 4.69) is 0 Å². The minimum atomic E-state index is -1.08. The van der Waals surface area contributed by atoms with Crippen molar-refractivity contribution in [3.05, 3.63) is 99.7 Å². The molecular weight excluding hydrogens is 347 g/mol. The number of hydrogen-bond acceptors (Lipinski definition) is 4. The average molecular weight is 368 g/mol. The van der Waals surface area contributed by atoms with Gasteiger partial charge in [0.15, 0.2) is 5.75 Å². The highest BCUT2D eigenvalue weighted by Gasteiger charge is 2.17. The largest absolute Gasteiger partial charge is 0.483 e. The number of hydrogen-bond donors (Lipinski definition) is 2. The first-order chi connectivity index (χ1) is 13.1. The van der Waals surface area contributed by atoms with Crippen molar-refractivity contribution in [2.45, 2.75) is 19.3 Å². The summed E-state index contributed by atoms with van der Waals surface area (Å²) in [5, 5.41) is 10.6. The van der Waals surface area contributed by atoms with Crippen molar-refractivity contribution < 1.29 is 14.2 Å². The molecule has 1 aromatic heterocycles. The Kier molecular flexibility index (Phi) is 6.01. The number of benzene rings is 2. The van der Waals surface area contributed by atoms with Gasteiger partial charge in [0.1, 0.15) is 18.5 Å². The molecular formula is C21H21FN2O3. The third kappa shape index (κ3) is 4.61. The number of nitrogens with zero attached hydrogens (tertiary/aromatic N) is 1. The van der Waals surface area contributed by atoms with Gasteiger partial charge < -0.3 is 20.1 Å².